The highest BCUT2D eigenvalue weighted by atomic mass is 16.5. The molecule has 3 amide bonds. The van der Waals surface area contributed by atoms with Crippen LogP contribution >= 0.6 is 0 Å². The molecule has 37 heavy (non-hydrogen) atoms. The summed E-state index contributed by atoms with van der Waals surface area (Å²) in [4.78, 5) is 47.3. The molecule has 0 aromatic heterocycles. The van der Waals surface area contributed by atoms with Crippen LogP contribution in [0.4, 0.5) is 0 Å². The highest BCUT2D eigenvalue weighted by molar-refractivity contribution is 5.99. The molecule has 2 saturated heterocycles. The van der Waals surface area contributed by atoms with Crippen molar-refractivity contribution < 1.29 is 24.2 Å². The van der Waals surface area contributed by atoms with Crippen molar-refractivity contribution in [3.05, 3.63) is 60.2 Å². The van der Waals surface area contributed by atoms with Gasteiger partial charge in [0.1, 0.15) is 11.6 Å². The minimum absolute atomic E-state index is 0.0400. The summed E-state index contributed by atoms with van der Waals surface area (Å²) in [6, 6.07) is 9.06. The minimum atomic E-state index is -1.22. The molecule has 8 heteroatoms. The van der Waals surface area contributed by atoms with E-state index in [0.29, 0.717) is 19.6 Å². The highest BCUT2D eigenvalue weighted by Crippen LogP contribution is 2.53. The number of hydrogen-bond acceptors (Lipinski definition) is 5. The first kappa shape index (κ1) is 24.4. The van der Waals surface area contributed by atoms with Gasteiger partial charge in [-0.05, 0) is 18.4 Å². The number of carbonyl (C=O) groups excluding carboxylic acids is 3. The van der Waals surface area contributed by atoms with E-state index in [-0.39, 0.29) is 36.9 Å². The Morgan fingerprint density at radius 1 is 0.946 bits per heavy atom. The van der Waals surface area contributed by atoms with Crippen molar-refractivity contribution in [1.82, 2.24) is 14.7 Å². The number of benzene rings is 1. The molecule has 4 heterocycles. The van der Waals surface area contributed by atoms with Gasteiger partial charge in [-0.3, -0.25) is 14.4 Å². The fraction of sp³-hybridized carbons (Fsp3) is 0.552. The molecule has 1 aromatic rings. The monoisotopic (exact) mass is 505 g/mol. The molecule has 5 atom stereocenters. The lowest BCUT2D eigenvalue weighted by atomic mass is 9.77. The van der Waals surface area contributed by atoms with E-state index < -0.39 is 29.6 Å². The molecule has 0 bridgehead atoms. The van der Waals surface area contributed by atoms with Gasteiger partial charge in [0.05, 0.1) is 24.5 Å². The van der Waals surface area contributed by atoms with Crippen molar-refractivity contribution in [1.29, 1.82) is 0 Å². The predicted molar refractivity (Wildman–Crippen MR) is 136 cm³/mol. The van der Waals surface area contributed by atoms with Gasteiger partial charge in [-0.2, -0.15) is 0 Å². The summed E-state index contributed by atoms with van der Waals surface area (Å²) in [6.45, 7) is 1.13. The maximum atomic E-state index is 14.2. The van der Waals surface area contributed by atoms with Crippen LogP contribution in [-0.2, 0) is 25.7 Å². The van der Waals surface area contributed by atoms with Gasteiger partial charge < -0.3 is 24.5 Å². The van der Waals surface area contributed by atoms with Gasteiger partial charge in [-0.15, -0.1) is 0 Å². The number of rotatable bonds is 5. The molecule has 0 radical (unpaired) electrons. The molecular weight excluding hydrogens is 470 g/mol. The van der Waals surface area contributed by atoms with E-state index in [0.717, 1.165) is 31.2 Å². The summed E-state index contributed by atoms with van der Waals surface area (Å²) in [7, 11) is 0. The molecule has 1 aromatic carbocycles. The van der Waals surface area contributed by atoms with E-state index in [1.165, 1.54) is 11.3 Å². The largest absolute Gasteiger partial charge is 0.395 e. The summed E-state index contributed by atoms with van der Waals surface area (Å²) in [5.41, 5.74) is -0.209. The smallest absolute Gasteiger partial charge is 0.249 e. The normalized spacial score (nSPS) is 33.9. The van der Waals surface area contributed by atoms with Crippen LogP contribution in [0, 0.1) is 11.8 Å². The Bertz CT molecular complexity index is 1110. The van der Waals surface area contributed by atoms with Crippen LogP contribution < -0.4 is 0 Å². The Labute approximate surface area is 217 Å². The predicted octanol–water partition coefficient (Wildman–Crippen LogP) is 1.89. The lowest BCUT2D eigenvalue weighted by Crippen LogP contribution is -2.57. The van der Waals surface area contributed by atoms with Crippen molar-refractivity contribution in [3.63, 3.8) is 0 Å². The molecule has 196 valence electrons. The minimum Gasteiger partial charge on any atom is -0.395 e. The van der Waals surface area contributed by atoms with Crippen molar-refractivity contribution >= 4 is 17.7 Å². The van der Waals surface area contributed by atoms with E-state index in [9.17, 15) is 19.5 Å². The fourth-order valence-electron chi connectivity index (χ4n) is 7.22. The summed E-state index contributed by atoms with van der Waals surface area (Å²) in [5.74, 6) is -2.07. The van der Waals surface area contributed by atoms with Crippen molar-refractivity contribution in [3.8, 4) is 0 Å². The van der Waals surface area contributed by atoms with Gasteiger partial charge in [0, 0.05) is 32.2 Å². The SMILES string of the molecule is O=C1[C@@H]2[C@H](C=CCN1Cc1ccccc1)O[C@]13C=CCN(C4CCCCC4)C(=O)C1N(CCO)C(=O)[C@H]23. The third kappa shape index (κ3) is 3.92. The van der Waals surface area contributed by atoms with Crippen LogP contribution in [0.2, 0.25) is 0 Å². The molecule has 1 spiro atoms. The Hall–Kier alpha value is -2.97. The van der Waals surface area contributed by atoms with E-state index in [1.807, 2.05) is 59.5 Å². The molecule has 1 unspecified atom stereocenters. The summed E-state index contributed by atoms with van der Waals surface area (Å²) in [5, 5.41) is 9.84. The zero-order valence-electron chi connectivity index (χ0n) is 21.1. The van der Waals surface area contributed by atoms with Crippen LogP contribution in [0.5, 0.6) is 0 Å². The van der Waals surface area contributed by atoms with Gasteiger partial charge in [0.25, 0.3) is 0 Å². The molecule has 5 aliphatic rings. The number of β-amino-alcohol motifs (C(OH)–C–C–N with tert-alkyl or cyclic N) is 1. The quantitative estimate of drug-likeness (QED) is 0.618. The summed E-state index contributed by atoms with van der Waals surface area (Å²) < 4.78 is 6.65. The number of ether oxygens (including phenoxy) is 1. The molecule has 1 aliphatic carbocycles. The third-order valence-electron chi connectivity index (χ3n) is 8.85. The second-order valence-corrected chi connectivity index (χ2v) is 10.9. The molecule has 1 saturated carbocycles. The highest BCUT2D eigenvalue weighted by Gasteiger charge is 2.71. The maximum Gasteiger partial charge on any atom is 0.249 e. The first-order valence-electron chi connectivity index (χ1n) is 13.6. The standard InChI is InChI=1S/C29H35N3O5/c33-18-17-32-25-28(36)31(21-11-5-2-6-12-21)16-8-14-29(25)24(27(32)35)23-22(37-29)13-7-15-30(26(23)34)19-20-9-3-1-4-10-20/h1,3-4,7-10,13-14,21-25,33H,2,5-6,11-12,15-19H2/t22-,23+,24-,25?,29-/m0/s1. The van der Waals surface area contributed by atoms with Crippen LogP contribution in [0.3, 0.4) is 0 Å². The van der Waals surface area contributed by atoms with E-state index in [2.05, 4.69) is 0 Å². The zero-order valence-corrected chi connectivity index (χ0v) is 21.1. The fourth-order valence-corrected chi connectivity index (χ4v) is 7.22. The third-order valence-corrected chi connectivity index (χ3v) is 8.85. The number of amides is 3. The number of aliphatic hydroxyl groups is 1. The average molecular weight is 506 g/mol. The van der Waals surface area contributed by atoms with Gasteiger partial charge >= 0.3 is 0 Å². The summed E-state index contributed by atoms with van der Waals surface area (Å²) >= 11 is 0. The van der Waals surface area contributed by atoms with Crippen molar-refractivity contribution in [2.75, 3.05) is 26.2 Å². The Morgan fingerprint density at radius 2 is 1.73 bits per heavy atom. The Balaban J connectivity index is 1.36. The second-order valence-electron chi connectivity index (χ2n) is 10.9. The molecular formula is C29H35N3O5. The van der Waals surface area contributed by atoms with Gasteiger partial charge in [0.2, 0.25) is 17.7 Å². The lowest BCUT2D eigenvalue weighted by molar-refractivity contribution is -0.150. The van der Waals surface area contributed by atoms with Crippen molar-refractivity contribution in [2.45, 2.75) is 62.4 Å². The van der Waals surface area contributed by atoms with Crippen LogP contribution in [0.25, 0.3) is 0 Å². The topological polar surface area (TPSA) is 90.4 Å². The van der Waals surface area contributed by atoms with Crippen LogP contribution in [0.1, 0.15) is 37.7 Å². The second kappa shape index (κ2) is 9.72. The summed E-state index contributed by atoms with van der Waals surface area (Å²) in [6.07, 6.45) is 12.4. The van der Waals surface area contributed by atoms with Crippen molar-refractivity contribution in [2.24, 2.45) is 11.8 Å². The van der Waals surface area contributed by atoms with Gasteiger partial charge in [0.15, 0.2) is 0 Å². The molecule has 4 aliphatic heterocycles. The van der Waals surface area contributed by atoms with E-state index in [4.69, 9.17) is 4.74 Å². The van der Waals surface area contributed by atoms with Gasteiger partial charge in [-0.25, -0.2) is 0 Å². The lowest BCUT2D eigenvalue weighted by Gasteiger charge is -2.39. The molecule has 6 rings (SSSR count). The van der Waals surface area contributed by atoms with E-state index >= 15 is 0 Å². The zero-order chi connectivity index (χ0) is 25.6. The molecule has 3 fully saturated rings. The number of hydrogen-bond donors (Lipinski definition) is 1. The number of fused-ring (bicyclic) bond motifs is 2. The Kier molecular flexibility index (Phi) is 6.41. The number of aliphatic hydroxyl groups excluding tert-OH is 1. The van der Waals surface area contributed by atoms with Gasteiger partial charge in [-0.1, -0.05) is 73.9 Å². The average Bonchev–Trinajstić information content (AvgIpc) is 3.22. The van der Waals surface area contributed by atoms with Crippen LogP contribution in [-0.4, -0.2) is 87.6 Å². The van der Waals surface area contributed by atoms with Crippen LogP contribution in [0.15, 0.2) is 54.6 Å². The maximum absolute atomic E-state index is 14.2. The molecule has 8 nitrogen and oxygen atoms in total. The first-order valence-corrected chi connectivity index (χ1v) is 13.6. The van der Waals surface area contributed by atoms with E-state index in [1.54, 1.807) is 4.90 Å². The number of likely N-dealkylation sites (tertiary alicyclic amines) is 1. The number of nitrogens with zero attached hydrogens (tertiary/aromatic N) is 3. The first-order chi connectivity index (χ1) is 18.0. The molecule has 1 N–H and O–H groups in total. The number of carbonyl (C=O) groups is 3. The Morgan fingerprint density at radius 3 is 2.49 bits per heavy atom.